The van der Waals surface area contributed by atoms with Gasteiger partial charge in [0.05, 0.1) is 11.6 Å². The Morgan fingerprint density at radius 3 is 2.29 bits per heavy atom. The fraction of sp³-hybridized carbons (Fsp3) is 0.632. The molecule has 24 heavy (non-hydrogen) atoms. The Kier molecular flexibility index (Phi) is 5.23. The van der Waals surface area contributed by atoms with Crippen molar-refractivity contribution in [2.75, 3.05) is 6.54 Å². The molecule has 1 fully saturated rings. The number of halogens is 1. The van der Waals surface area contributed by atoms with Crippen molar-refractivity contribution in [2.45, 2.75) is 64.7 Å². The molecule has 0 aromatic heterocycles. The molecule has 134 valence electrons. The summed E-state index contributed by atoms with van der Waals surface area (Å²) in [6, 6.07) is 5.96. The Labute approximate surface area is 143 Å². The number of amides is 1. The van der Waals surface area contributed by atoms with Crippen molar-refractivity contribution < 1.29 is 19.0 Å². The molecule has 1 heterocycles. The molecule has 1 amide bonds. The first-order valence-corrected chi connectivity index (χ1v) is 8.45. The number of rotatable bonds is 2. The van der Waals surface area contributed by atoms with E-state index in [9.17, 15) is 14.3 Å². The van der Waals surface area contributed by atoms with Crippen molar-refractivity contribution in [3.63, 3.8) is 0 Å². The van der Waals surface area contributed by atoms with Gasteiger partial charge in [-0.15, -0.1) is 0 Å². The number of hydrogen-bond acceptors (Lipinski definition) is 3. The van der Waals surface area contributed by atoms with E-state index in [0.717, 1.165) is 5.56 Å². The number of carbonyl (C=O) groups excluding carboxylic acids is 1. The number of benzene rings is 1. The van der Waals surface area contributed by atoms with Gasteiger partial charge >= 0.3 is 6.09 Å². The number of aliphatic hydroxyl groups is 1. The molecule has 1 aromatic carbocycles. The molecule has 0 aliphatic carbocycles. The van der Waals surface area contributed by atoms with E-state index in [1.54, 1.807) is 30.9 Å². The molecule has 5 heteroatoms. The van der Waals surface area contributed by atoms with E-state index >= 15 is 0 Å². The standard InChI is InChI=1S/C19H28FNO3/c1-18(2,3)24-17(22)21-11-10-14(19(4,5)23)12-16(21)13-6-8-15(20)9-7-13/h6-9,14,16,23H,10-12H2,1-5H3/t14-,16-/m0/s1. The van der Waals surface area contributed by atoms with Gasteiger partial charge in [-0.05, 0) is 71.1 Å². The summed E-state index contributed by atoms with van der Waals surface area (Å²) in [5, 5.41) is 10.4. The van der Waals surface area contributed by atoms with Crippen molar-refractivity contribution in [3.05, 3.63) is 35.6 Å². The van der Waals surface area contributed by atoms with Crippen LogP contribution in [0, 0.1) is 11.7 Å². The van der Waals surface area contributed by atoms with Crippen LogP contribution in [0.15, 0.2) is 24.3 Å². The molecule has 0 radical (unpaired) electrons. The van der Waals surface area contributed by atoms with Crippen LogP contribution in [0.4, 0.5) is 9.18 Å². The van der Waals surface area contributed by atoms with Crippen molar-refractivity contribution in [3.8, 4) is 0 Å². The van der Waals surface area contributed by atoms with Gasteiger partial charge in [-0.25, -0.2) is 9.18 Å². The third kappa shape index (κ3) is 4.69. The highest BCUT2D eigenvalue weighted by molar-refractivity contribution is 5.69. The minimum absolute atomic E-state index is 0.0613. The number of likely N-dealkylation sites (tertiary alicyclic amines) is 1. The smallest absolute Gasteiger partial charge is 0.410 e. The summed E-state index contributed by atoms with van der Waals surface area (Å²) >= 11 is 0. The molecule has 1 N–H and O–H groups in total. The second kappa shape index (κ2) is 6.71. The van der Waals surface area contributed by atoms with E-state index in [4.69, 9.17) is 4.74 Å². The van der Waals surface area contributed by atoms with E-state index in [1.807, 2.05) is 20.8 Å². The van der Waals surface area contributed by atoms with Crippen LogP contribution < -0.4 is 0 Å². The number of nitrogens with zero attached hydrogens (tertiary/aromatic N) is 1. The molecule has 0 bridgehead atoms. The second-order valence-electron chi connectivity index (χ2n) is 8.12. The van der Waals surface area contributed by atoms with Gasteiger partial charge < -0.3 is 14.7 Å². The van der Waals surface area contributed by atoms with Gasteiger partial charge in [-0.2, -0.15) is 0 Å². The minimum Gasteiger partial charge on any atom is -0.444 e. The molecular weight excluding hydrogens is 309 g/mol. The van der Waals surface area contributed by atoms with Gasteiger partial charge in [0, 0.05) is 6.54 Å². The fourth-order valence-corrected chi connectivity index (χ4v) is 3.15. The zero-order valence-electron chi connectivity index (χ0n) is 15.2. The summed E-state index contributed by atoms with van der Waals surface area (Å²) in [5.41, 5.74) is -0.535. The van der Waals surface area contributed by atoms with Gasteiger partial charge in [0.15, 0.2) is 0 Å². The fourth-order valence-electron chi connectivity index (χ4n) is 3.15. The predicted molar refractivity (Wildman–Crippen MR) is 91.1 cm³/mol. The van der Waals surface area contributed by atoms with E-state index in [-0.39, 0.29) is 23.9 Å². The first kappa shape index (κ1) is 18.7. The molecule has 2 atom stereocenters. The maximum absolute atomic E-state index is 13.3. The molecule has 1 saturated heterocycles. The summed E-state index contributed by atoms with van der Waals surface area (Å²) in [4.78, 5) is 14.3. The SMILES string of the molecule is CC(C)(C)OC(=O)N1CC[C@H](C(C)(C)O)C[C@H]1c1ccc(F)cc1. The van der Waals surface area contributed by atoms with Crippen LogP contribution in [0.5, 0.6) is 0 Å². The number of carbonyl (C=O) groups is 1. The van der Waals surface area contributed by atoms with Gasteiger partial charge in [-0.1, -0.05) is 12.1 Å². The molecule has 0 unspecified atom stereocenters. The molecule has 1 aliphatic rings. The van der Waals surface area contributed by atoms with Crippen molar-refractivity contribution in [1.82, 2.24) is 4.90 Å². The second-order valence-corrected chi connectivity index (χ2v) is 8.12. The van der Waals surface area contributed by atoms with Crippen LogP contribution in [0.1, 0.15) is 59.1 Å². The van der Waals surface area contributed by atoms with Crippen LogP contribution in [0.3, 0.4) is 0 Å². The number of piperidine rings is 1. The molecule has 1 aliphatic heterocycles. The predicted octanol–water partition coefficient (Wildman–Crippen LogP) is 4.28. The van der Waals surface area contributed by atoms with Crippen molar-refractivity contribution in [1.29, 1.82) is 0 Å². The molecule has 1 aromatic rings. The molecule has 2 rings (SSSR count). The Balaban J connectivity index is 2.28. The monoisotopic (exact) mass is 337 g/mol. The van der Waals surface area contributed by atoms with Crippen LogP contribution in [0.25, 0.3) is 0 Å². The lowest BCUT2D eigenvalue weighted by Gasteiger charge is -2.43. The zero-order chi connectivity index (χ0) is 18.1. The summed E-state index contributed by atoms with van der Waals surface area (Å²) in [6.07, 6.45) is 0.959. The number of hydrogen-bond donors (Lipinski definition) is 1. The quantitative estimate of drug-likeness (QED) is 0.876. The Morgan fingerprint density at radius 1 is 1.21 bits per heavy atom. The van der Waals surface area contributed by atoms with E-state index in [1.165, 1.54) is 12.1 Å². The van der Waals surface area contributed by atoms with Gasteiger partial charge in [-0.3, -0.25) is 0 Å². The van der Waals surface area contributed by atoms with Gasteiger partial charge in [0.2, 0.25) is 0 Å². The van der Waals surface area contributed by atoms with Crippen molar-refractivity contribution >= 4 is 6.09 Å². The number of ether oxygens (including phenoxy) is 1. The third-order valence-corrected chi connectivity index (χ3v) is 4.48. The summed E-state index contributed by atoms with van der Waals surface area (Å²) in [6.45, 7) is 9.60. The lowest BCUT2D eigenvalue weighted by atomic mass is 9.78. The zero-order valence-corrected chi connectivity index (χ0v) is 15.2. The Morgan fingerprint density at radius 2 is 1.79 bits per heavy atom. The summed E-state index contributed by atoms with van der Waals surface area (Å²) < 4.78 is 18.8. The average molecular weight is 337 g/mol. The molecule has 0 saturated carbocycles. The van der Waals surface area contributed by atoms with Crippen LogP contribution in [-0.4, -0.2) is 33.8 Å². The summed E-state index contributed by atoms with van der Waals surface area (Å²) in [5.74, 6) is -0.247. The minimum atomic E-state index is -0.821. The van der Waals surface area contributed by atoms with Gasteiger partial charge in [0.25, 0.3) is 0 Å². The molecule has 0 spiro atoms. The lowest BCUT2D eigenvalue weighted by Crippen LogP contribution is -2.47. The van der Waals surface area contributed by atoms with Crippen LogP contribution >= 0.6 is 0 Å². The van der Waals surface area contributed by atoms with E-state index < -0.39 is 11.2 Å². The Bertz CT molecular complexity index is 572. The highest BCUT2D eigenvalue weighted by Gasteiger charge is 2.39. The maximum atomic E-state index is 13.3. The highest BCUT2D eigenvalue weighted by atomic mass is 19.1. The molecule has 4 nitrogen and oxygen atoms in total. The maximum Gasteiger partial charge on any atom is 0.410 e. The first-order chi connectivity index (χ1) is 11.0. The van der Waals surface area contributed by atoms with Crippen LogP contribution in [-0.2, 0) is 4.74 Å². The lowest BCUT2D eigenvalue weighted by molar-refractivity contribution is -0.0398. The van der Waals surface area contributed by atoms with Gasteiger partial charge in [0.1, 0.15) is 11.4 Å². The molecular formula is C19H28FNO3. The highest BCUT2D eigenvalue weighted by Crippen LogP contribution is 2.39. The van der Waals surface area contributed by atoms with Crippen molar-refractivity contribution in [2.24, 2.45) is 5.92 Å². The first-order valence-electron chi connectivity index (χ1n) is 8.45. The summed E-state index contributed by atoms with van der Waals surface area (Å²) in [7, 11) is 0. The largest absolute Gasteiger partial charge is 0.444 e. The van der Waals surface area contributed by atoms with E-state index in [0.29, 0.717) is 19.4 Å². The van der Waals surface area contributed by atoms with Crippen LogP contribution in [0.2, 0.25) is 0 Å². The topological polar surface area (TPSA) is 49.8 Å². The normalized spacial score (nSPS) is 22.4. The Hall–Kier alpha value is -1.62. The third-order valence-electron chi connectivity index (χ3n) is 4.48. The average Bonchev–Trinajstić information content (AvgIpc) is 2.44. The van der Waals surface area contributed by atoms with E-state index in [2.05, 4.69) is 0 Å².